The van der Waals surface area contributed by atoms with Crippen LogP contribution in [-0.4, -0.2) is 9.41 Å². The van der Waals surface area contributed by atoms with Crippen molar-refractivity contribution in [1.29, 1.82) is 0 Å². The zero-order chi connectivity index (χ0) is 13.2. The van der Waals surface area contributed by atoms with E-state index in [-0.39, 0.29) is 9.41 Å². The molecule has 1 rings (SSSR count). The highest BCUT2D eigenvalue weighted by atomic mass is 28.2. The largest absolute Gasteiger partial charge is 0.378 e. The summed E-state index contributed by atoms with van der Waals surface area (Å²) in [7, 11) is -0.347. The van der Waals surface area contributed by atoms with E-state index in [0.717, 1.165) is 5.19 Å². The molecule has 2 heteroatoms. The summed E-state index contributed by atoms with van der Waals surface area (Å²) in [6.07, 6.45) is 0. The Morgan fingerprint density at radius 1 is 0.824 bits per heavy atom. The molecule has 1 aromatic carbocycles. The van der Waals surface area contributed by atoms with Crippen molar-refractivity contribution in [3.05, 3.63) is 28.8 Å². The highest BCUT2D eigenvalue weighted by Gasteiger charge is 2.16. The van der Waals surface area contributed by atoms with Crippen LogP contribution >= 0.6 is 0 Å². The molecule has 0 fully saturated rings. The van der Waals surface area contributed by atoms with E-state index in [1.807, 2.05) is 0 Å². The van der Waals surface area contributed by atoms with Crippen LogP contribution in [0.25, 0.3) is 0 Å². The third-order valence-corrected chi connectivity index (χ3v) is 4.02. The first kappa shape index (κ1) is 14.3. The van der Waals surface area contributed by atoms with Crippen LogP contribution in [0.3, 0.4) is 0 Å². The summed E-state index contributed by atoms with van der Waals surface area (Å²) in [4.78, 5) is 0. The third-order valence-electron chi connectivity index (χ3n) is 3.23. The second-order valence-corrected chi connectivity index (χ2v) is 6.34. The van der Waals surface area contributed by atoms with E-state index < -0.39 is 0 Å². The number of rotatable bonds is 4. The average molecular weight is 247 g/mol. The Morgan fingerprint density at radius 3 is 1.47 bits per heavy atom. The SMILES string of the molecule is CC(C)c1cc(C(C)C)c([Si]=O)c(C(C)C)c1. The van der Waals surface area contributed by atoms with Gasteiger partial charge in [-0.05, 0) is 34.4 Å². The predicted octanol–water partition coefficient (Wildman–Crippen LogP) is 3.73. The van der Waals surface area contributed by atoms with E-state index in [4.69, 9.17) is 0 Å². The summed E-state index contributed by atoms with van der Waals surface area (Å²) in [6, 6.07) is 4.48. The van der Waals surface area contributed by atoms with E-state index in [1.54, 1.807) is 0 Å². The molecule has 17 heavy (non-hydrogen) atoms. The van der Waals surface area contributed by atoms with E-state index >= 15 is 0 Å². The van der Waals surface area contributed by atoms with Crippen molar-refractivity contribution in [3.8, 4) is 0 Å². The van der Waals surface area contributed by atoms with Crippen molar-refractivity contribution in [1.82, 2.24) is 0 Å². The summed E-state index contributed by atoms with van der Waals surface area (Å²) in [5.41, 5.74) is 3.88. The Balaban J connectivity index is 3.51. The van der Waals surface area contributed by atoms with E-state index in [1.165, 1.54) is 16.7 Å². The second-order valence-electron chi connectivity index (χ2n) is 5.64. The third kappa shape index (κ3) is 3.12. The van der Waals surface area contributed by atoms with Gasteiger partial charge in [-0.3, -0.25) is 0 Å². The summed E-state index contributed by atoms with van der Waals surface area (Å²) in [5, 5.41) is 1.06. The molecule has 0 unspecified atom stereocenters. The summed E-state index contributed by atoms with van der Waals surface area (Å²) in [6.45, 7) is 13.1. The molecule has 0 amide bonds. The minimum Gasteiger partial charge on any atom is -0.378 e. The molecule has 0 saturated heterocycles. The lowest BCUT2D eigenvalue weighted by atomic mass is 9.89. The highest BCUT2D eigenvalue weighted by molar-refractivity contribution is 6.40. The van der Waals surface area contributed by atoms with Crippen LogP contribution in [0.2, 0.25) is 0 Å². The average Bonchev–Trinajstić information content (AvgIpc) is 2.26. The van der Waals surface area contributed by atoms with Crippen molar-refractivity contribution < 1.29 is 4.46 Å². The lowest BCUT2D eigenvalue weighted by Gasteiger charge is -2.19. The standard InChI is InChI=1S/C15H23OSi/c1-9(2)12-7-13(10(3)4)15(17-16)14(8-12)11(5)6/h7-11H,1-6H3. The Bertz CT molecular complexity index is 376. The molecule has 0 aromatic heterocycles. The monoisotopic (exact) mass is 247 g/mol. The fourth-order valence-corrected chi connectivity index (χ4v) is 3.03. The number of hydrogen-bond acceptors (Lipinski definition) is 1. The Labute approximate surface area is 108 Å². The van der Waals surface area contributed by atoms with Gasteiger partial charge in [0.1, 0.15) is 0 Å². The van der Waals surface area contributed by atoms with Crippen LogP contribution in [0.4, 0.5) is 0 Å². The van der Waals surface area contributed by atoms with Gasteiger partial charge in [-0.2, -0.15) is 0 Å². The predicted molar refractivity (Wildman–Crippen MR) is 74.8 cm³/mol. The molecule has 0 aliphatic rings. The zero-order valence-corrected chi connectivity index (χ0v) is 12.8. The molecule has 0 bridgehead atoms. The Kier molecular flexibility index (Phi) is 4.81. The van der Waals surface area contributed by atoms with Crippen LogP contribution in [0.5, 0.6) is 0 Å². The van der Waals surface area contributed by atoms with Gasteiger partial charge >= 0.3 is 9.41 Å². The molecule has 0 saturated carbocycles. The van der Waals surface area contributed by atoms with Crippen LogP contribution < -0.4 is 5.19 Å². The lowest BCUT2D eigenvalue weighted by molar-refractivity contribution is 0.582. The fraction of sp³-hybridized carbons (Fsp3) is 0.600. The van der Waals surface area contributed by atoms with Crippen LogP contribution in [0.15, 0.2) is 12.1 Å². The molecule has 1 radical (unpaired) electrons. The Morgan fingerprint density at radius 2 is 1.24 bits per heavy atom. The maximum Gasteiger partial charge on any atom is 0.366 e. The van der Waals surface area contributed by atoms with Crippen LogP contribution in [-0.2, 0) is 4.46 Å². The number of hydrogen-bond donors (Lipinski definition) is 0. The molecular weight excluding hydrogens is 224 g/mol. The molecule has 0 N–H and O–H groups in total. The van der Waals surface area contributed by atoms with Gasteiger partial charge in [0.05, 0.1) is 0 Å². The van der Waals surface area contributed by atoms with Gasteiger partial charge in [-0.15, -0.1) is 0 Å². The maximum absolute atomic E-state index is 11.5. The highest BCUT2D eigenvalue weighted by Crippen LogP contribution is 2.24. The zero-order valence-electron chi connectivity index (χ0n) is 11.8. The van der Waals surface area contributed by atoms with Crippen molar-refractivity contribution in [2.24, 2.45) is 0 Å². The molecule has 0 spiro atoms. The number of benzene rings is 1. The van der Waals surface area contributed by atoms with Gasteiger partial charge in [0.25, 0.3) is 0 Å². The minimum absolute atomic E-state index is 0.347. The van der Waals surface area contributed by atoms with Gasteiger partial charge in [-0.25, -0.2) is 0 Å². The molecular formula is C15H23OSi. The first-order chi connectivity index (χ1) is 7.88. The van der Waals surface area contributed by atoms with Gasteiger partial charge in [-0.1, -0.05) is 53.7 Å². The lowest BCUT2D eigenvalue weighted by Crippen LogP contribution is -2.22. The molecule has 0 aliphatic carbocycles. The van der Waals surface area contributed by atoms with Gasteiger partial charge in [0.2, 0.25) is 0 Å². The first-order valence-electron chi connectivity index (χ1n) is 6.44. The van der Waals surface area contributed by atoms with E-state index in [2.05, 4.69) is 53.7 Å². The minimum atomic E-state index is -0.347. The van der Waals surface area contributed by atoms with E-state index in [9.17, 15) is 4.46 Å². The Hall–Kier alpha value is -0.763. The van der Waals surface area contributed by atoms with E-state index in [0.29, 0.717) is 17.8 Å². The van der Waals surface area contributed by atoms with Crippen molar-refractivity contribution in [2.75, 3.05) is 0 Å². The summed E-state index contributed by atoms with van der Waals surface area (Å²) >= 11 is 0. The van der Waals surface area contributed by atoms with Crippen molar-refractivity contribution >= 4 is 14.6 Å². The molecule has 0 heterocycles. The molecule has 0 aliphatic heterocycles. The van der Waals surface area contributed by atoms with Gasteiger partial charge in [0.15, 0.2) is 0 Å². The summed E-state index contributed by atoms with van der Waals surface area (Å²) in [5.74, 6) is 1.39. The fourth-order valence-electron chi connectivity index (χ4n) is 2.07. The molecule has 0 atom stereocenters. The van der Waals surface area contributed by atoms with Crippen molar-refractivity contribution in [2.45, 2.75) is 59.3 Å². The smallest absolute Gasteiger partial charge is 0.366 e. The normalized spacial score (nSPS) is 11.6. The molecule has 1 aromatic rings. The quantitative estimate of drug-likeness (QED) is 0.741. The van der Waals surface area contributed by atoms with Gasteiger partial charge < -0.3 is 4.46 Å². The molecule has 93 valence electrons. The topological polar surface area (TPSA) is 17.1 Å². The second kappa shape index (κ2) is 5.72. The van der Waals surface area contributed by atoms with Crippen LogP contribution in [0.1, 0.15) is 76.0 Å². The maximum atomic E-state index is 11.5. The first-order valence-corrected chi connectivity index (χ1v) is 7.35. The molecule has 1 nitrogen and oxygen atoms in total. The van der Waals surface area contributed by atoms with Gasteiger partial charge in [0, 0.05) is 5.19 Å². The summed E-state index contributed by atoms with van der Waals surface area (Å²) < 4.78 is 11.5. The van der Waals surface area contributed by atoms with Crippen LogP contribution in [0, 0.1) is 0 Å². The van der Waals surface area contributed by atoms with Crippen molar-refractivity contribution in [3.63, 3.8) is 0 Å².